The zero-order valence-electron chi connectivity index (χ0n) is 15.8. The molecule has 0 spiro atoms. The Balaban J connectivity index is 1.74. The summed E-state index contributed by atoms with van der Waals surface area (Å²) in [7, 11) is 0. The maximum Gasteiger partial charge on any atom is 0.326 e. The van der Waals surface area contributed by atoms with E-state index in [9.17, 15) is 15.2 Å². The average molecular weight is 392 g/mol. The molecule has 5 rings (SSSR count). The van der Waals surface area contributed by atoms with Crippen LogP contribution in [-0.4, -0.2) is 41.8 Å². The Morgan fingerprint density at radius 2 is 2.21 bits per heavy atom. The Hall–Kier alpha value is -3.61. The molecule has 2 aliphatic rings. The highest BCUT2D eigenvalue weighted by Gasteiger charge is 2.29. The van der Waals surface area contributed by atoms with Crippen LogP contribution in [0.25, 0.3) is 11.7 Å². The molecule has 0 radical (unpaired) electrons. The van der Waals surface area contributed by atoms with Crippen LogP contribution >= 0.6 is 0 Å². The Kier molecular flexibility index (Phi) is 3.91. The molecular formula is C19H20N8O2. The summed E-state index contributed by atoms with van der Waals surface area (Å²) in [6.07, 6.45) is 7.49. The molecule has 2 saturated carbocycles. The third kappa shape index (κ3) is 3.24. The van der Waals surface area contributed by atoms with Crippen LogP contribution in [0, 0.1) is 17.2 Å². The van der Waals surface area contributed by atoms with Crippen LogP contribution in [0.2, 0.25) is 0 Å². The number of aromatic nitrogens is 5. The van der Waals surface area contributed by atoms with Gasteiger partial charge in [-0.2, -0.15) is 14.9 Å². The molecule has 29 heavy (non-hydrogen) atoms. The van der Waals surface area contributed by atoms with Crippen molar-refractivity contribution in [1.29, 1.82) is 5.26 Å². The fraction of sp³-hybridized carbons (Fsp3) is 0.421. The van der Waals surface area contributed by atoms with Gasteiger partial charge in [0.25, 0.3) is 0 Å². The molecule has 0 aromatic carbocycles. The van der Waals surface area contributed by atoms with Crippen LogP contribution in [-0.2, 0) is 0 Å². The molecule has 2 aliphatic carbocycles. The van der Waals surface area contributed by atoms with E-state index in [0.717, 1.165) is 12.8 Å². The number of H-pyrrole nitrogens is 2. The normalized spacial score (nSPS) is 18.9. The lowest BCUT2D eigenvalue weighted by molar-refractivity contribution is 0.454. The van der Waals surface area contributed by atoms with Crippen molar-refractivity contribution in [3.63, 3.8) is 0 Å². The van der Waals surface area contributed by atoms with Crippen LogP contribution in [0.1, 0.15) is 43.9 Å². The predicted molar refractivity (Wildman–Crippen MR) is 104 cm³/mol. The van der Waals surface area contributed by atoms with Gasteiger partial charge in [-0.05, 0) is 44.6 Å². The van der Waals surface area contributed by atoms with E-state index in [-0.39, 0.29) is 23.7 Å². The lowest BCUT2D eigenvalue weighted by Gasteiger charge is -2.15. The minimum atomic E-state index is -0.505. The second kappa shape index (κ2) is 6.48. The molecule has 3 aromatic rings. The highest BCUT2D eigenvalue weighted by Crippen LogP contribution is 2.34. The first-order valence-electron chi connectivity index (χ1n) is 9.68. The number of nitrogens with one attached hydrogen (secondary N) is 3. The number of imidazole rings is 1. The monoisotopic (exact) mass is 392 g/mol. The summed E-state index contributed by atoms with van der Waals surface area (Å²) in [5, 5.41) is 28.0. The smallest absolute Gasteiger partial charge is 0.326 e. The minimum absolute atomic E-state index is 0.197. The van der Waals surface area contributed by atoms with Gasteiger partial charge >= 0.3 is 5.69 Å². The summed E-state index contributed by atoms with van der Waals surface area (Å²) >= 11 is 0. The molecule has 0 saturated heterocycles. The largest absolute Gasteiger partial charge is 0.493 e. The van der Waals surface area contributed by atoms with E-state index in [1.54, 1.807) is 16.8 Å². The second-order valence-electron chi connectivity index (χ2n) is 7.72. The van der Waals surface area contributed by atoms with Crippen LogP contribution in [0.3, 0.4) is 0 Å². The van der Waals surface area contributed by atoms with Gasteiger partial charge in [0, 0.05) is 11.3 Å². The van der Waals surface area contributed by atoms with E-state index in [1.807, 2.05) is 0 Å². The first-order valence-corrected chi connectivity index (χ1v) is 9.68. The van der Waals surface area contributed by atoms with Crippen molar-refractivity contribution in [2.45, 2.75) is 44.7 Å². The van der Waals surface area contributed by atoms with Gasteiger partial charge < -0.3 is 15.4 Å². The number of hydrogen-bond donors (Lipinski definition) is 4. The van der Waals surface area contributed by atoms with E-state index < -0.39 is 5.69 Å². The molecule has 10 heteroatoms. The zero-order valence-corrected chi connectivity index (χ0v) is 15.8. The van der Waals surface area contributed by atoms with Crippen LogP contribution < -0.4 is 21.7 Å². The number of nitriles is 1. The predicted octanol–water partition coefficient (Wildman–Crippen LogP) is 0.144. The standard InChI is InChI=1S/C19H20N8O2/c1-9(10-2-3-10)22-15-13(7-20)17(23-12-4-5-12)27-16(25-15)11(8-21-27)6-14-18(28)26-19(29)24-14/h6,8-10,12,22,28H,2-5H2,1H3,(H2,24,26,29). The number of rotatable bonds is 5. The number of aromatic hydroxyl groups is 1. The fourth-order valence-corrected chi connectivity index (χ4v) is 3.38. The highest BCUT2D eigenvalue weighted by molar-refractivity contribution is 5.61. The Labute approximate surface area is 164 Å². The second-order valence-corrected chi connectivity index (χ2v) is 7.72. The van der Waals surface area contributed by atoms with Gasteiger partial charge in [-0.1, -0.05) is 0 Å². The SMILES string of the molecule is CC(Nc1nc2c(=Cc3[nH]c(=O)[nH]c3O)cnn2c(=NC2CC2)c1C#N)C1CC1. The zero-order chi connectivity index (χ0) is 20.1. The quantitative estimate of drug-likeness (QED) is 0.486. The van der Waals surface area contributed by atoms with Gasteiger partial charge in [0.2, 0.25) is 5.88 Å². The molecule has 2 fully saturated rings. The van der Waals surface area contributed by atoms with Gasteiger partial charge in [0.1, 0.15) is 17.3 Å². The van der Waals surface area contributed by atoms with Crippen molar-refractivity contribution in [3.05, 3.63) is 38.6 Å². The maximum absolute atomic E-state index is 11.4. The molecule has 148 valence electrons. The number of nitrogens with zero attached hydrogens (tertiary/aromatic N) is 5. The molecule has 0 bridgehead atoms. The Morgan fingerprint density at radius 1 is 1.41 bits per heavy atom. The third-order valence-electron chi connectivity index (χ3n) is 5.34. The van der Waals surface area contributed by atoms with E-state index in [1.165, 1.54) is 12.8 Å². The van der Waals surface area contributed by atoms with Gasteiger partial charge in [0.15, 0.2) is 17.0 Å². The van der Waals surface area contributed by atoms with Gasteiger partial charge in [0.05, 0.1) is 12.2 Å². The number of fused-ring (bicyclic) bond motifs is 1. The minimum Gasteiger partial charge on any atom is -0.493 e. The van der Waals surface area contributed by atoms with Crippen molar-refractivity contribution in [2.24, 2.45) is 10.9 Å². The van der Waals surface area contributed by atoms with E-state index in [4.69, 9.17) is 4.99 Å². The molecule has 0 aliphatic heterocycles. The van der Waals surface area contributed by atoms with Crippen LogP contribution in [0.15, 0.2) is 16.0 Å². The fourth-order valence-electron chi connectivity index (χ4n) is 3.38. The summed E-state index contributed by atoms with van der Waals surface area (Å²) in [4.78, 5) is 25.6. The Morgan fingerprint density at radius 3 is 2.83 bits per heavy atom. The number of anilines is 1. The summed E-state index contributed by atoms with van der Waals surface area (Å²) in [5.74, 6) is 0.813. The summed E-state index contributed by atoms with van der Waals surface area (Å²) in [5.41, 5.74) is 1.09. The van der Waals surface area contributed by atoms with Crippen molar-refractivity contribution in [3.8, 4) is 11.9 Å². The highest BCUT2D eigenvalue weighted by atomic mass is 16.3. The van der Waals surface area contributed by atoms with Gasteiger partial charge in [-0.3, -0.25) is 9.98 Å². The van der Waals surface area contributed by atoms with E-state index in [2.05, 4.69) is 38.4 Å². The molecule has 3 heterocycles. The summed E-state index contributed by atoms with van der Waals surface area (Å²) < 4.78 is 1.55. The van der Waals surface area contributed by atoms with Gasteiger partial charge in [-0.25, -0.2) is 9.78 Å². The molecular weight excluding hydrogens is 372 g/mol. The maximum atomic E-state index is 11.4. The molecule has 1 atom stereocenters. The Bertz CT molecular complexity index is 1320. The van der Waals surface area contributed by atoms with Gasteiger partial charge in [-0.15, -0.1) is 0 Å². The summed E-state index contributed by atoms with van der Waals surface area (Å²) in [6.45, 7) is 2.09. The molecule has 4 N–H and O–H groups in total. The number of aromatic amines is 2. The molecule has 10 nitrogen and oxygen atoms in total. The third-order valence-corrected chi connectivity index (χ3v) is 5.34. The topological polar surface area (TPSA) is 147 Å². The molecule has 1 unspecified atom stereocenters. The molecule has 3 aromatic heterocycles. The van der Waals surface area contributed by atoms with Crippen molar-refractivity contribution < 1.29 is 5.11 Å². The van der Waals surface area contributed by atoms with E-state index in [0.29, 0.717) is 33.7 Å². The van der Waals surface area contributed by atoms with Crippen molar-refractivity contribution in [2.75, 3.05) is 5.32 Å². The first kappa shape index (κ1) is 17.5. The summed E-state index contributed by atoms with van der Waals surface area (Å²) in [6, 6.07) is 2.64. The van der Waals surface area contributed by atoms with E-state index >= 15 is 0 Å². The lowest BCUT2D eigenvalue weighted by Crippen LogP contribution is -2.27. The van der Waals surface area contributed by atoms with Crippen LogP contribution in [0.5, 0.6) is 5.88 Å². The average Bonchev–Trinajstić information content (AvgIpc) is 3.60. The van der Waals surface area contributed by atoms with Crippen LogP contribution in [0.4, 0.5) is 5.82 Å². The molecule has 0 amide bonds. The van der Waals surface area contributed by atoms with Crippen molar-refractivity contribution in [1.82, 2.24) is 24.6 Å². The first-order chi connectivity index (χ1) is 14.0. The number of hydrogen-bond acceptors (Lipinski definition) is 7. The van der Waals surface area contributed by atoms with Crippen molar-refractivity contribution >= 4 is 17.5 Å². The lowest BCUT2D eigenvalue weighted by atomic mass is 10.2.